The van der Waals surface area contributed by atoms with E-state index in [1.807, 2.05) is 39.0 Å². The van der Waals surface area contributed by atoms with Gasteiger partial charge in [0.2, 0.25) is 5.91 Å². The quantitative estimate of drug-likeness (QED) is 0.860. The molecule has 0 aromatic heterocycles. The van der Waals surface area contributed by atoms with Crippen LogP contribution < -0.4 is 5.32 Å². The van der Waals surface area contributed by atoms with Gasteiger partial charge >= 0.3 is 0 Å². The summed E-state index contributed by atoms with van der Waals surface area (Å²) in [5.74, 6) is 0.0279. The third-order valence-corrected chi connectivity index (χ3v) is 6.14. The Morgan fingerprint density at radius 1 is 1.36 bits per heavy atom. The highest BCUT2D eigenvalue weighted by atomic mass is 16.5. The van der Waals surface area contributed by atoms with Crippen LogP contribution in [0.4, 0.5) is 5.69 Å². The molecule has 1 aliphatic heterocycles. The number of hydrogen-bond acceptors (Lipinski definition) is 4. The molecule has 2 atom stereocenters. The number of carbonyl (C=O) groups is 1. The Bertz CT molecular complexity index is 621. The van der Waals surface area contributed by atoms with Crippen molar-refractivity contribution in [1.29, 1.82) is 0 Å². The van der Waals surface area contributed by atoms with Crippen molar-refractivity contribution in [2.24, 2.45) is 5.41 Å². The number of nitrogens with one attached hydrogen (secondary N) is 1. The summed E-state index contributed by atoms with van der Waals surface area (Å²) in [5.41, 5.74) is 3.10. The number of piperidine rings is 1. The molecule has 1 amide bonds. The van der Waals surface area contributed by atoms with Crippen molar-refractivity contribution in [2.75, 3.05) is 31.6 Å². The zero-order valence-electron chi connectivity index (χ0n) is 15.5. The Kier molecular flexibility index (Phi) is 5.46. The van der Waals surface area contributed by atoms with E-state index in [0.717, 1.165) is 43.6 Å². The van der Waals surface area contributed by atoms with Gasteiger partial charge < -0.3 is 15.2 Å². The maximum atomic E-state index is 12.4. The molecule has 2 N–H and O–H groups in total. The second-order valence-corrected chi connectivity index (χ2v) is 7.50. The van der Waals surface area contributed by atoms with Crippen molar-refractivity contribution in [1.82, 2.24) is 4.90 Å². The highest BCUT2D eigenvalue weighted by molar-refractivity contribution is 5.93. The van der Waals surface area contributed by atoms with Crippen LogP contribution in [0.2, 0.25) is 0 Å². The minimum Gasteiger partial charge on any atom is -0.392 e. The Labute approximate surface area is 150 Å². The third kappa shape index (κ3) is 3.59. The van der Waals surface area contributed by atoms with Crippen molar-refractivity contribution in [3.05, 3.63) is 29.3 Å². The molecular formula is C20H30N2O3. The number of anilines is 1. The molecule has 0 radical (unpaired) electrons. The van der Waals surface area contributed by atoms with Crippen molar-refractivity contribution >= 4 is 11.6 Å². The summed E-state index contributed by atoms with van der Waals surface area (Å²) >= 11 is 0. The molecule has 2 fully saturated rings. The zero-order valence-corrected chi connectivity index (χ0v) is 15.5. The number of benzene rings is 1. The second kappa shape index (κ2) is 7.44. The fraction of sp³-hybridized carbons (Fsp3) is 0.650. The number of ether oxygens (including phenoxy) is 1. The number of likely N-dealkylation sites (tertiary alicyclic amines) is 1. The van der Waals surface area contributed by atoms with Crippen LogP contribution in [0.3, 0.4) is 0 Å². The number of amides is 1. The largest absolute Gasteiger partial charge is 0.392 e. The lowest BCUT2D eigenvalue weighted by molar-refractivity contribution is -0.209. The van der Waals surface area contributed by atoms with Gasteiger partial charge in [0.25, 0.3) is 0 Å². The van der Waals surface area contributed by atoms with Crippen LogP contribution in [0.1, 0.15) is 37.3 Å². The first-order valence-corrected chi connectivity index (χ1v) is 9.34. The first-order valence-electron chi connectivity index (χ1n) is 9.34. The molecule has 2 aliphatic rings. The summed E-state index contributed by atoms with van der Waals surface area (Å²) in [6, 6.07) is 5.96. The van der Waals surface area contributed by atoms with E-state index in [0.29, 0.717) is 13.2 Å². The summed E-state index contributed by atoms with van der Waals surface area (Å²) < 4.78 is 5.80. The standard InChI is InChI=1S/C20H30N2O3/c1-4-25-18-12-17(23)20(18)8-10-22(11-9-20)13-19(24)21-16-7-5-6-14(2)15(16)3/h5-7,17-18,23H,4,8-13H2,1-3H3,(H,21,24). The molecule has 1 saturated heterocycles. The van der Waals surface area contributed by atoms with Crippen molar-refractivity contribution in [3.63, 3.8) is 0 Å². The van der Waals surface area contributed by atoms with Crippen molar-refractivity contribution < 1.29 is 14.6 Å². The number of aryl methyl sites for hydroxylation is 1. The maximum absolute atomic E-state index is 12.4. The number of rotatable bonds is 5. The first-order chi connectivity index (χ1) is 12.0. The highest BCUT2D eigenvalue weighted by Crippen LogP contribution is 2.50. The number of hydrogen-bond donors (Lipinski definition) is 2. The van der Waals surface area contributed by atoms with Gasteiger partial charge in [0, 0.05) is 24.1 Å². The van der Waals surface area contributed by atoms with Crippen LogP contribution >= 0.6 is 0 Å². The van der Waals surface area contributed by atoms with E-state index in [9.17, 15) is 9.90 Å². The molecule has 138 valence electrons. The molecule has 1 aromatic carbocycles. The van der Waals surface area contributed by atoms with E-state index in [-0.39, 0.29) is 23.5 Å². The fourth-order valence-corrected chi connectivity index (χ4v) is 4.22. The number of aliphatic hydroxyl groups is 1. The van der Waals surface area contributed by atoms with Gasteiger partial charge in [-0.3, -0.25) is 9.69 Å². The van der Waals surface area contributed by atoms with Crippen LogP contribution in [0.15, 0.2) is 18.2 Å². The van der Waals surface area contributed by atoms with Crippen LogP contribution in [-0.2, 0) is 9.53 Å². The van der Waals surface area contributed by atoms with Gasteiger partial charge in [0.1, 0.15) is 0 Å². The minimum atomic E-state index is -0.255. The van der Waals surface area contributed by atoms with Gasteiger partial charge in [-0.1, -0.05) is 12.1 Å². The van der Waals surface area contributed by atoms with Crippen LogP contribution in [0.5, 0.6) is 0 Å². The Morgan fingerprint density at radius 3 is 2.72 bits per heavy atom. The predicted octanol–water partition coefficient (Wildman–Crippen LogP) is 2.49. The Hall–Kier alpha value is -1.43. The smallest absolute Gasteiger partial charge is 0.238 e. The number of aliphatic hydroxyl groups excluding tert-OH is 1. The fourth-order valence-electron chi connectivity index (χ4n) is 4.22. The zero-order chi connectivity index (χ0) is 18.0. The average Bonchev–Trinajstić information content (AvgIpc) is 2.59. The van der Waals surface area contributed by atoms with Crippen LogP contribution in [-0.4, -0.2) is 54.4 Å². The van der Waals surface area contributed by atoms with Crippen LogP contribution in [0, 0.1) is 19.3 Å². The van der Waals surface area contributed by atoms with E-state index in [4.69, 9.17) is 4.74 Å². The Balaban J connectivity index is 1.52. The van der Waals surface area contributed by atoms with E-state index < -0.39 is 0 Å². The highest BCUT2D eigenvalue weighted by Gasteiger charge is 2.55. The lowest BCUT2D eigenvalue weighted by Gasteiger charge is -2.56. The maximum Gasteiger partial charge on any atom is 0.238 e. The minimum absolute atomic E-state index is 0.0279. The van der Waals surface area contributed by atoms with E-state index in [2.05, 4.69) is 10.2 Å². The SMILES string of the molecule is CCOC1CC(O)C12CCN(CC(=O)Nc1cccc(C)c1C)CC2. The molecule has 1 aromatic rings. The summed E-state index contributed by atoms with van der Waals surface area (Å²) in [4.78, 5) is 14.6. The molecule has 1 aliphatic carbocycles. The van der Waals surface area contributed by atoms with E-state index in [1.165, 1.54) is 5.56 Å². The summed E-state index contributed by atoms with van der Waals surface area (Å²) in [5, 5.41) is 13.3. The molecular weight excluding hydrogens is 316 g/mol. The summed E-state index contributed by atoms with van der Waals surface area (Å²) in [7, 11) is 0. The molecule has 1 saturated carbocycles. The van der Waals surface area contributed by atoms with Gasteiger partial charge in [-0.2, -0.15) is 0 Å². The van der Waals surface area contributed by atoms with Gasteiger partial charge in [0.15, 0.2) is 0 Å². The molecule has 1 heterocycles. The van der Waals surface area contributed by atoms with E-state index >= 15 is 0 Å². The molecule has 25 heavy (non-hydrogen) atoms. The molecule has 2 unspecified atom stereocenters. The lowest BCUT2D eigenvalue weighted by atomic mass is 9.58. The molecule has 0 bridgehead atoms. The average molecular weight is 346 g/mol. The predicted molar refractivity (Wildman–Crippen MR) is 98.7 cm³/mol. The van der Waals surface area contributed by atoms with E-state index in [1.54, 1.807) is 0 Å². The number of nitrogens with zero attached hydrogens (tertiary/aromatic N) is 1. The molecule has 3 rings (SSSR count). The Morgan fingerprint density at radius 2 is 2.08 bits per heavy atom. The molecule has 5 heteroatoms. The second-order valence-electron chi connectivity index (χ2n) is 7.50. The molecule has 5 nitrogen and oxygen atoms in total. The topological polar surface area (TPSA) is 61.8 Å². The number of carbonyl (C=O) groups excluding carboxylic acids is 1. The van der Waals surface area contributed by atoms with Gasteiger partial charge in [-0.25, -0.2) is 0 Å². The van der Waals surface area contributed by atoms with Crippen molar-refractivity contribution in [2.45, 2.75) is 52.2 Å². The van der Waals surface area contributed by atoms with Crippen LogP contribution in [0.25, 0.3) is 0 Å². The van der Waals surface area contributed by atoms with Crippen molar-refractivity contribution in [3.8, 4) is 0 Å². The van der Waals surface area contributed by atoms with Gasteiger partial charge in [-0.15, -0.1) is 0 Å². The summed E-state index contributed by atoms with van der Waals surface area (Å²) in [6.07, 6.45) is 2.47. The first kappa shape index (κ1) is 18.4. The molecule has 1 spiro atoms. The van der Waals surface area contributed by atoms with Gasteiger partial charge in [0.05, 0.1) is 18.8 Å². The lowest BCUT2D eigenvalue weighted by Crippen LogP contribution is -2.62. The van der Waals surface area contributed by atoms with Gasteiger partial charge in [-0.05, 0) is 63.9 Å². The normalized spacial score (nSPS) is 25.6. The monoisotopic (exact) mass is 346 g/mol. The summed E-state index contributed by atoms with van der Waals surface area (Å²) in [6.45, 7) is 8.85. The third-order valence-electron chi connectivity index (χ3n) is 6.14.